The van der Waals surface area contributed by atoms with Crippen LogP contribution in [-0.2, 0) is 11.3 Å². The number of nitrogens with zero attached hydrogens (tertiary/aromatic N) is 2. The Balaban J connectivity index is 1.94. The van der Waals surface area contributed by atoms with Gasteiger partial charge in [-0.1, -0.05) is 18.2 Å². The fraction of sp³-hybridized carbons (Fsp3) is 0.0909. The topological polar surface area (TPSA) is 44.1 Å². The van der Waals surface area contributed by atoms with Crippen LogP contribution in [0.3, 0.4) is 0 Å². The average Bonchev–Trinajstić information content (AvgIpc) is 2.71. The molecule has 15 heavy (non-hydrogen) atoms. The van der Waals surface area contributed by atoms with Crippen LogP contribution in [0.2, 0.25) is 0 Å². The van der Waals surface area contributed by atoms with Crippen LogP contribution in [0.5, 0.6) is 5.75 Å². The summed E-state index contributed by atoms with van der Waals surface area (Å²) < 4.78 is 6.61. The Hall–Kier alpha value is -2.10. The molecule has 0 amide bonds. The van der Waals surface area contributed by atoms with E-state index in [1.54, 1.807) is 30.6 Å². The Morgan fingerprint density at radius 2 is 2.07 bits per heavy atom. The number of hydrogen-bond acceptors (Lipinski definition) is 3. The first-order valence-electron chi connectivity index (χ1n) is 4.58. The van der Waals surface area contributed by atoms with Crippen LogP contribution in [-0.4, -0.2) is 15.7 Å². The number of hydrogen-bond donors (Lipinski definition) is 0. The van der Waals surface area contributed by atoms with Gasteiger partial charge < -0.3 is 4.74 Å². The van der Waals surface area contributed by atoms with Gasteiger partial charge in [-0.3, -0.25) is 4.68 Å². The zero-order chi connectivity index (χ0) is 10.5. The standard InChI is InChI=1S/C11H10N2O2/c14-11(9-13-8-4-7-12-13)15-10-5-2-1-3-6-10/h1-8H,9H2. The van der Waals surface area contributed by atoms with Gasteiger partial charge >= 0.3 is 5.97 Å². The Bertz CT molecular complexity index is 423. The molecule has 4 heteroatoms. The minimum absolute atomic E-state index is 0.127. The van der Waals surface area contributed by atoms with Crippen molar-refractivity contribution in [3.63, 3.8) is 0 Å². The van der Waals surface area contributed by atoms with Gasteiger partial charge in [-0.25, -0.2) is 4.79 Å². The molecule has 4 nitrogen and oxygen atoms in total. The van der Waals surface area contributed by atoms with E-state index in [0.717, 1.165) is 0 Å². The molecular weight excluding hydrogens is 192 g/mol. The Kier molecular flexibility index (Phi) is 2.78. The van der Waals surface area contributed by atoms with Gasteiger partial charge in [0.25, 0.3) is 0 Å². The fourth-order valence-corrected chi connectivity index (χ4v) is 1.18. The lowest BCUT2D eigenvalue weighted by Gasteiger charge is -2.03. The van der Waals surface area contributed by atoms with Gasteiger partial charge in [0.1, 0.15) is 12.3 Å². The summed E-state index contributed by atoms with van der Waals surface area (Å²) in [7, 11) is 0. The zero-order valence-corrected chi connectivity index (χ0v) is 8.04. The van der Waals surface area contributed by atoms with Crippen LogP contribution < -0.4 is 4.74 Å². The number of esters is 1. The highest BCUT2D eigenvalue weighted by atomic mass is 16.5. The molecule has 2 rings (SSSR count). The van der Waals surface area contributed by atoms with E-state index in [0.29, 0.717) is 5.75 Å². The van der Waals surface area contributed by atoms with Crippen LogP contribution in [0, 0.1) is 0 Å². The minimum Gasteiger partial charge on any atom is -0.425 e. The SMILES string of the molecule is O=C(Cn1cccn1)Oc1ccccc1. The highest BCUT2D eigenvalue weighted by Crippen LogP contribution is 2.08. The third-order valence-corrected chi connectivity index (χ3v) is 1.83. The number of rotatable bonds is 3. The second-order valence-corrected chi connectivity index (χ2v) is 2.99. The third-order valence-electron chi connectivity index (χ3n) is 1.83. The van der Waals surface area contributed by atoms with Crippen LogP contribution in [0.15, 0.2) is 48.8 Å². The lowest BCUT2D eigenvalue weighted by Crippen LogP contribution is -2.16. The number of para-hydroxylation sites is 1. The Morgan fingerprint density at radius 1 is 1.27 bits per heavy atom. The lowest BCUT2D eigenvalue weighted by atomic mass is 10.3. The molecule has 0 atom stereocenters. The maximum absolute atomic E-state index is 11.4. The number of carbonyl (C=O) groups excluding carboxylic acids is 1. The molecule has 0 saturated heterocycles. The summed E-state index contributed by atoms with van der Waals surface area (Å²) in [6.45, 7) is 0.127. The van der Waals surface area contributed by atoms with Gasteiger partial charge in [-0.2, -0.15) is 5.10 Å². The van der Waals surface area contributed by atoms with Gasteiger partial charge in [0, 0.05) is 12.4 Å². The summed E-state index contributed by atoms with van der Waals surface area (Å²) >= 11 is 0. The van der Waals surface area contributed by atoms with E-state index < -0.39 is 0 Å². The number of aromatic nitrogens is 2. The van der Waals surface area contributed by atoms with E-state index >= 15 is 0 Å². The second kappa shape index (κ2) is 4.41. The van der Waals surface area contributed by atoms with Crippen LogP contribution in [0.25, 0.3) is 0 Å². The number of ether oxygens (including phenoxy) is 1. The van der Waals surface area contributed by atoms with Crippen molar-refractivity contribution in [3.05, 3.63) is 48.8 Å². The van der Waals surface area contributed by atoms with Gasteiger partial charge in [0.05, 0.1) is 0 Å². The fourth-order valence-electron chi connectivity index (χ4n) is 1.18. The summed E-state index contributed by atoms with van der Waals surface area (Å²) in [4.78, 5) is 11.4. The lowest BCUT2D eigenvalue weighted by molar-refractivity contribution is -0.135. The molecule has 76 valence electrons. The maximum Gasteiger partial charge on any atom is 0.333 e. The van der Waals surface area contributed by atoms with Crippen molar-refractivity contribution in [2.24, 2.45) is 0 Å². The predicted octanol–water partition coefficient (Wildman–Crippen LogP) is 1.49. The van der Waals surface area contributed by atoms with E-state index in [4.69, 9.17) is 4.74 Å². The quantitative estimate of drug-likeness (QED) is 0.559. The molecule has 1 heterocycles. The van der Waals surface area contributed by atoms with E-state index in [9.17, 15) is 4.79 Å². The monoisotopic (exact) mass is 202 g/mol. The first-order valence-corrected chi connectivity index (χ1v) is 4.58. The van der Waals surface area contributed by atoms with Gasteiger partial charge in [-0.05, 0) is 18.2 Å². The molecule has 0 bridgehead atoms. The van der Waals surface area contributed by atoms with Gasteiger partial charge in [-0.15, -0.1) is 0 Å². The maximum atomic E-state index is 11.4. The van der Waals surface area contributed by atoms with Crippen molar-refractivity contribution in [1.29, 1.82) is 0 Å². The molecule has 0 aliphatic carbocycles. The van der Waals surface area contributed by atoms with E-state index in [1.165, 1.54) is 4.68 Å². The van der Waals surface area contributed by atoms with E-state index in [-0.39, 0.29) is 12.5 Å². The zero-order valence-electron chi connectivity index (χ0n) is 8.04. The van der Waals surface area contributed by atoms with Crippen molar-refractivity contribution in [3.8, 4) is 5.75 Å². The molecule has 1 aromatic carbocycles. The Morgan fingerprint density at radius 3 is 2.73 bits per heavy atom. The molecule has 1 aromatic heterocycles. The third kappa shape index (κ3) is 2.67. The molecular formula is C11H10N2O2. The largest absolute Gasteiger partial charge is 0.425 e. The summed E-state index contributed by atoms with van der Waals surface area (Å²) in [6, 6.07) is 10.7. The van der Waals surface area contributed by atoms with Crippen LogP contribution >= 0.6 is 0 Å². The van der Waals surface area contributed by atoms with Crippen molar-refractivity contribution in [2.75, 3.05) is 0 Å². The molecule has 0 aliphatic heterocycles. The molecule has 0 spiro atoms. The molecule has 0 fully saturated rings. The second-order valence-electron chi connectivity index (χ2n) is 2.99. The van der Waals surface area contributed by atoms with Crippen molar-refractivity contribution < 1.29 is 9.53 Å². The van der Waals surface area contributed by atoms with Crippen molar-refractivity contribution >= 4 is 5.97 Å². The molecule has 0 N–H and O–H groups in total. The van der Waals surface area contributed by atoms with E-state index in [2.05, 4.69) is 5.10 Å². The minimum atomic E-state index is -0.329. The average molecular weight is 202 g/mol. The highest BCUT2D eigenvalue weighted by Gasteiger charge is 2.04. The molecule has 0 saturated carbocycles. The van der Waals surface area contributed by atoms with Crippen molar-refractivity contribution in [1.82, 2.24) is 9.78 Å². The first-order chi connectivity index (χ1) is 7.34. The predicted molar refractivity (Wildman–Crippen MR) is 54.3 cm³/mol. The molecule has 2 aromatic rings. The first kappa shape index (κ1) is 9.45. The Labute approximate surface area is 87.1 Å². The summed E-state index contributed by atoms with van der Waals surface area (Å²) in [6.07, 6.45) is 3.34. The summed E-state index contributed by atoms with van der Waals surface area (Å²) in [5, 5.41) is 3.91. The number of benzene rings is 1. The van der Waals surface area contributed by atoms with Crippen LogP contribution in [0.1, 0.15) is 0 Å². The molecule has 0 aliphatic rings. The van der Waals surface area contributed by atoms with Gasteiger partial charge in [0.15, 0.2) is 0 Å². The number of carbonyl (C=O) groups is 1. The van der Waals surface area contributed by atoms with E-state index in [1.807, 2.05) is 18.2 Å². The highest BCUT2D eigenvalue weighted by molar-refractivity contribution is 5.71. The van der Waals surface area contributed by atoms with Crippen LogP contribution in [0.4, 0.5) is 0 Å². The summed E-state index contributed by atoms with van der Waals surface area (Å²) in [5.41, 5.74) is 0. The summed E-state index contributed by atoms with van der Waals surface area (Å²) in [5.74, 6) is 0.222. The smallest absolute Gasteiger partial charge is 0.333 e. The van der Waals surface area contributed by atoms with Crippen molar-refractivity contribution in [2.45, 2.75) is 6.54 Å². The van der Waals surface area contributed by atoms with Gasteiger partial charge in [0.2, 0.25) is 0 Å². The normalized spacial score (nSPS) is 9.87. The molecule has 0 radical (unpaired) electrons. The molecule has 0 unspecified atom stereocenters.